The topological polar surface area (TPSA) is 68.2 Å². The highest BCUT2D eigenvalue weighted by Crippen LogP contribution is 2.36. The van der Waals surface area contributed by atoms with Gasteiger partial charge in [-0.3, -0.25) is 0 Å². The van der Waals surface area contributed by atoms with E-state index in [1.54, 1.807) is 32.9 Å². The lowest BCUT2D eigenvalue weighted by Gasteiger charge is -2.31. The van der Waals surface area contributed by atoms with E-state index in [1.807, 2.05) is 19.1 Å². The summed E-state index contributed by atoms with van der Waals surface area (Å²) in [6.45, 7) is 7.48. The van der Waals surface area contributed by atoms with Gasteiger partial charge in [-0.25, -0.2) is 9.59 Å². The molecule has 0 spiro atoms. The van der Waals surface area contributed by atoms with Crippen molar-refractivity contribution in [1.82, 2.24) is 5.01 Å². The zero-order chi connectivity index (χ0) is 19.3. The van der Waals surface area contributed by atoms with E-state index >= 15 is 0 Å². The lowest BCUT2D eigenvalue weighted by atomic mass is 9.83. The predicted molar refractivity (Wildman–Crippen MR) is 100 cm³/mol. The second-order valence-electron chi connectivity index (χ2n) is 5.66. The molecule has 0 N–H and O–H groups in total. The molecule has 1 aliphatic rings. The third-order valence-corrected chi connectivity index (χ3v) is 4.27. The molecule has 1 amide bonds. The van der Waals surface area contributed by atoms with E-state index in [2.05, 4.69) is 5.10 Å². The van der Waals surface area contributed by atoms with Gasteiger partial charge in [0.15, 0.2) is 0 Å². The highest BCUT2D eigenvalue weighted by molar-refractivity contribution is 6.30. The zero-order valence-corrected chi connectivity index (χ0v) is 16.2. The molecule has 0 aliphatic carbocycles. The fraction of sp³-hybridized carbons (Fsp3) is 0.421. The van der Waals surface area contributed by atoms with Crippen LogP contribution in [0.15, 0.2) is 40.6 Å². The van der Waals surface area contributed by atoms with Gasteiger partial charge in [0.25, 0.3) is 0 Å². The van der Waals surface area contributed by atoms with E-state index in [0.717, 1.165) is 10.6 Å². The third kappa shape index (κ3) is 4.07. The Morgan fingerprint density at radius 2 is 1.88 bits per heavy atom. The van der Waals surface area contributed by atoms with Gasteiger partial charge in [0, 0.05) is 5.02 Å². The molecule has 1 unspecified atom stereocenters. The number of nitrogens with zero attached hydrogens (tertiary/aromatic N) is 2. The molecule has 1 aromatic carbocycles. The summed E-state index contributed by atoms with van der Waals surface area (Å²) in [7, 11) is 0. The van der Waals surface area contributed by atoms with Crippen molar-refractivity contribution in [2.45, 2.75) is 40.0 Å². The van der Waals surface area contributed by atoms with Crippen molar-refractivity contribution in [3.8, 4) is 0 Å². The largest absolute Gasteiger partial charge is 0.463 e. The first-order chi connectivity index (χ1) is 12.4. The third-order valence-electron chi connectivity index (χ3n) is 4.04. The number of allylic oxidation sites excluding steroid dienone is 1. The van der Waals surface area contributed by atoms with Crippen LogP contribution < -0.4 is 0 Å². The van der Waals surface area contributed by atoms with Crippen molar-refractivity contribution in [2.24, 2.45) is 5.10 Å². The Balaban J connectivity index is 2.62. The normalized spacial score (nSPS) is 17.0. The molecule has 1 heterocycles. The molecule has 140 valence electrons. The second-order valence-corrected chi connectivity index (χ2v) is 6.10. The Morgan fingerprint density at radius 1 is 1.19 bits per heavy atom. The van der Waals surface area contributed by atoms with Crippen molar-refractivity contribution in [3.63, 3.8) is 0 Å². The van der Waals surface area contributed by atoms with Crippen LogP contribution in [0.3, 0.4) is 0 Å². The Kier molecular flexibility index (Phi) is 6.80. The highest BCUT2D eigenvalue weighted by atomic mass is 35.5. The van der Waals surface area contributed by atoms with Crippen molar-refractivity contribution in [2.75, 3.05) is 13.2 Å². The Labute approximate surface area is 158 Å². The molecule has 0 saturated carbocycles. The van der Waals surface area contributed by atoms with Crippen LogP contribution in [-0.4, -0.2) is 36.0 Å². The van der Waals surface area contributed by atoms with E-state index in [0.29, 0.717) is 28.4 Å². The molecule has 0 aromatic heterocycles. The maximum absolute atomic E-state index is 12.7. The number of ether oxygens (including phenoxy) is 2. The first kappa shape index (κ1) is 20.0. The fourth-order valence-corrected chi connectivity index (χ4v) is 3.11. The molecule has 0 radical (unpaired) electrons. The molecular formula is C19H23ClN2O4. The maximum atomic E-state index is 12.7. The van der Waals surface area contributed by atoms with Crippen LogP contribution in [0.25, 0.3) is 0 Å². The summed E-state index contributed by atoms with van der Waals surface area (Å²) >= 11 is 6.14. The molecule has 26 heavy (non-hydrogen) atoms. The number of amides is 1. The second kappa shape index (κ2) is 8.85. The Morgan fingerprint density at radius 3 is 2.46 bits per heavy atom. The lowest BCUT2D eigenvalue weighted by molar-refractivity contribution is -0.138. The van der Waals surface area contributed by atoms with E-state index in [4.69, 9.17) is 21.1 Å². The van der Waals surface area contributed by atoms with Crippen molar-refractivity contribution >= 4 is 29.4 Å². The van der Waals surface area contributed by atoms with E-state index in [9.17, 15) is 9.59 Å². The maximum Gasteiger partial charge on any atom is 0.434 e. The summed E-state index contributed by atoms with van der Waals surface area (Å²) in [6, 6.07) is 7.27. The minimum absolute atomic E-state index is 0.214. The molecule has 1 atom stereocenters. The summed E-state index contributed by atoms with van der Waals surface area (Å²) < 4.78 is 10.3. The summed E-state index contributed by atoms with van der Waals surface area (Å²) in [5.41, 5.74) is 2.25. The summed E-state index contributed by atoms with van der Waals surface area (Å²) in [5, 5.41) is 6.14. The van der Waals surface area contributed by atoms with E-state index in [-0.39, 0.29) is 13.2 Å². The minimum Gasteiger partial charge on any atom is -0.463 e. The average Bonchev–Trinajstić information content (AvgIpc) is 2.61. The number of carbonyl (C=O) groups is 2. The van der Waals surface area contributed by atoms with Crippen LogP contribution in [0.2, 0.25) is 5.02 Å². The smallest absolute Gasteiger partial charge is 0.434 e. The molecule has 0 fully saturated rings. The molecule has 0 bridgehead atoms. The summed E-state index contributed by atoms with van der Waals surface area (Å²) in [5.74, 6) is -0.909. The number of halogens is 1. The van der Waals surface area contributed by atoms with E-state index in [1.165, 1.54) is 0 Å². The van der Waals surface area contributed by atoms with Gasteiger partial charge >= 0.3 is 12.1 Å². The van der Waals surface area contributed by atoms with Crippen LogP contribution in [-0.2, 0) is 14.3 Å². The first-order valence-corrected chi connectivity index (χ1v) is 8.99. The molecule has 0 saturated heterocycles. The predicted octanol–water partition coefficient (Wildman–Crippen LogP) is 4.50. The SMILES string of the molecule is CCOC(=O)C1=C(C)N(C(=O)OCC)N=C(CC)C1c1cccc(Cl)c1. The van der Waals surface area contributed by atoms with Crippen LogP contribution >= 0.6 is 11.6 Å². The average molecular weight is 379 g/mol. The van der Waals surface area contributed by atoms with Gasteiger partial charge in [0.05, 0.1) is 36.1 Å². The van der Waals surface area contributed by atoms with Crippen LogP contribution in [0, 0.1) is 0 Å². The molecule has 1 aromatic rings. The molecule has 2 rings (SSSR count). The van der Waals surface area contributed by atoms with Gasteiger partial charge in [-0.1, -0.05) is 30.7 Å². The zero-order valence-electron chi connectivity index (χ0n) is 15.4. The van der Waals surface area contributed by atoms with Crippen molar-refractivity contribution in [1.29, 1.82) is 0 Å². The fourth-order valence-electron chi connectivity index (χ4n) is 2.91. The van der Waals surface area contributed by atoms with Gasteiger partial charge in [0.1, 0.15) is 0 Å². The van der Waals surface area contributed by atoms with E-state index < -0.39 is 18.0 Å². The molecule has 6 nitrogen and oxygen atoms in total. The van der Waals surface area contributed by atoms with Gasteiger partial charge in [-0.05, 0) is 44.9 Å². The van der Waals surface area contributed by atoms with Gasteiger partial charge in [-0.15, -0.1) is 0 Å². The minimum atomic E-state index is -0.623. The van der Waals surface area contributed by atoms with Crippen LogP contribution in [0.4, 0.5) is 4.79 Å². The number of hydrazone groups is 1. The monoisotopic (exact) mass is 378 g/mol. The van der Waals surface area contributed by atoms with Gasteiger partial charge in [0.2, 0.25) is 0 Å². The number of hydrogen-bond donors (Lipinski definition) is 0. The number of esters is 1. The standard InChI is InChI=1S/C19H23ClN2O4/c1-5-15-17(13-9-8-10-14(20)11-13)16(18(23)25-6-2)12(4)22(21-15)19(24)26-7-3/h8-11,17H,5-7H2,1-4H3. The van der Waals surface area contributed by atoms with Crippen molar-refractivity contribution < 1.29 is 19.1 Å². The highest BCUT2D eigenvalue weighted by Gasteiger charge is 2.37. The summed E-state index contributed by atoms with van der Waals surface area (Å²) in [4.78, 5) is 25.0. The number of hydrogen-bond acceptors (Lipinski definition) is 5. The molecule has 7 heteroatoms. The van der Waals surface area contributed by atoms with Gasteiger partial charge in [-0.2, -0.15) is 10.1 Å². The Hall–Kier alpha value is -2.34. The molecule has 1 aliphatic heterocycles. The summed E-state index contributed by atoms with van der Waals surface area (Å²) in [6.07, 6.45) is -0.0780. The number of benzene rings is 1. The van der Waals surface area contributed by atoms with Crippen LogP contribution in [0.5, 0.6) is 0 Å². The number of carbonyl (C=O) groups excluding carboxylic acids is 2. The van der Waals surface area contributed by atoms with Gasteiger partial charge < -0.3 is 9.47 Å². The Bertz CT molecular complexity index is 758. The number of rotatable bonds is 5. The first-order valence-electron chi connectivity index (χ1n) is 8.62. The quantitative estimate of drug-likeness (QED) is 0.707. The lowest BCUT2D eigenvalue weighted by Crippen LogP contribution is -2.36. The van der Waals surface area contributed by atoms with Crippen molar-refractivity contribution in [3.05, 3.63) is 46.1 Å². The molecular weight excluding hydrogens is 356 g/mol. The van der Waals surface area contributed by atoms with Crippen LogP contribution in [0.1, 0.15) is 45.6 Å².